The fraction of sp³-hybridized carbons (Fsp3) is 0.722. The van der Waals surface area contributed by atoms with Crippen LogP contribution in [0.5, 0.6) is 0 Å². The van der Waals surface area contributed by atoms with Gasteiger partial charge in [0.1, 0.15) is 0 Å². The molecule has 1 saturated carbocycles. The molecule has 0 N–H and O–H groups in total. The van der Waals surface area contributed by atoms with Crippen LogP contribution in [0, 0.1) is 5.92 Å². The lowest BCUT2D eigenvalue weighted by atomic mass is 9.95. The summed E-state index contributed by atoms with van der Waals surface area (Å²) in [6, 6.07) is 4.12. The zero-order chi connectivity index (χ0) is 17.7. The summed E-state index contributed by atoms with van der Waals surface area (Å²) >= 11 is 0. The van der Waals surface area contributed by atoms with Gasteiger partial charge in [0.05, 0.1) is 17.2 Å². The zero-order valence-corrected chi connectivity index (χ0v) is 15.7. The smallest absolute Gasteiger partial charge is 0.177 e. The molecule has 1 aliphatic carbocycles. The standard InChI is InChI=1S/C18H25N5O2S/c24-26(25)10-7-13(12-26)11-22-8-5-15(6-9-22)18-20-19-17-4-3-16(14-1-2-14)21-23(17)18/h3-4,13-15H,1-2,5-12H2. The van der Waals surface area contributed by atoms with Gasteiger partial charge in [-0.3, -0.25) is 0 Å². The molecule has 2 aromatic rings. The van der Waals surface area contributed by atoms with Crippen molar-refractivity contribution in [1.82, 2.24) is 24.7 Å². The molecule has 8 heteroatoms. The maximum absolute atomic E-state index is 11.7. The van der Waals surface area contributed by atoms with Crippen LogP contribution in [-0.2, 0) is 9.84 Å². The Morgan fingerprint density at radius 1 is 1.00 bits per heavy atom. The summed E-state index contributed by atoms with van der Waals surface area (Å²) in [4.78, 5) is 2.42. The lowest BCUT2D eigenvalue weighted by Crippen LogP contribution is -2.37. The van der Waals surface area contributed by atoms with E-state index in [1.165, 1.54) is 18.5 Å². The Hall–Kier alpha value is -1.54. The maximum Gasteiger partial charge on any atom is 0.177 e. The number of aromatic nitrogens is 4. The number of hydrogen-bond donors (Lipinski definition) is 0. The second-order valence-corrected chi connectivity index (χ2v) is 10.4. The molecular weight excluding hydrogens is 350 g/mol. The first-order valence-corrected chi connectivity index (χ1v) is 11.5. The molecule has 2 aromatic heterocycles. The zero-order valence-electron chi connectivity index (χ0n) is 14.9. The lowest BCUT2D eigenvalue weighted by Gasteiger charge is -2.32. The van der Waals surface area contributed by atoms with Crippen LogP contribution in [0.25, 0.3) is 5.65 Å². The fourth-order valence-corrected chi connectivity index (χ4v) is 6.28. The van der Waals surface area contributed by atoms with Crippen LogP contribution in [0.3, 0.4) is 0 Å². The Morgan fingerprint density at radius 3 is 2.50 bits per heavy atom. The average molecular weight is 375 g/mol. The summed E-state index contributed by atoms with van der Waals surface area (Å²) in [6.07, 6.45) is 5.38. The van der Waals surface area contributed by atoms with E-state index in [1.807, 2.05) is 10.6 Å². The topological polar surface area (TPSA) is 80.5 Å². The van der Waals surface area contributed by atoms with E-state index >= 15 is 0 Å². The monoisotopic (exact) mass is 375 g/mol. The summed E-state index contributed by atoms with van der Waals surface area (Å²) < 4.78 is 25.3. The first-order valence-electron chi connectivity index (χ1n) is 9.72. The first kappa shape index (κ1) is 16.6. The van der Waals surface area contributed by atoms with E-state index < -0.39 is 9.84 Å². The molecule has 1 atom stereocenters. The number of piperidine rings is 1. The van der Waals surface area contributed by atoms with Crippen molar-refractivity contribution in [2.24, 2.45) is 5.92 Å². The van der Waals surface area contributed by atoms with E-state index in [-0.39, 0.29) is 0 Å². The molecule has 0 bridgehead atoms. The summed E-state index contributed by atoms with van der Waals surface area (Å²) in [5, 5.41) is 13.5. The van der Waals surface area contributed by atoms with E-state index in [2.05, 4.69) is 21.2 Å². The minimum Gasteiger partial charge on any atom is -0.303 e. The Morgan fingerprint density at radius 2 is 1.81 bits per heavy atom. The van der Waals surface area contributed by atoms with E-state index in [4.69, 9.17) is 5.10 Å². The molecule has 3 fully saturated rings. The molecule has 0 spiro atoms. The average Bonchev–Trinajstić information content (AvgIpc) is 3.31. The van der Waals surface area contributed by atoms with Crippen LogP contribution in [0.2, 0.25) is 0 Å². The highest BCUT2D eigenvalue weighted by Crippen LogP contribution is 2.39. The molecule has 2 saturated heterocycles. The molecule has 4 heterocycles. The van der Waals surface area contributed by atoms with Crippen LogP contribution in [0.15, 0.2) is 12.1 Å². The number of rotatable bonds is 4. The van der Waals surface area contributed by atoms with E-state index in [0.29, 0.717) is 29.3 Å². The van der Waals surface area contributed by atoms with Gasteiger partial charge >= 0.3 is 0 Å². The minimum atomic E-state index is -2.78. The highest BCUT2D eigenvalue weighted by atomic mass is 32.2. The van der Waals surface area contributed by atoms with Gasteiger partial charge in [0.15, 0.2) is 21.3 Å². The quantitative estimate of drug-likeness (QED) is 0.808. The highest BCUT2D eigenvalue weighted by Gasteiger charge is 2.32. The Bertz CT molecular complexity index is 913. The van der Waals surface area contributed by atoms with Crippen LogP contribution in [-0.4, -0.2) is 64.3 Å². The molecule has 7 nitrogen and oxygen atoms in total. The van der Waals surface area contributed by atoms with E-state index in [9.17, 15) is 8.42 Å². The van der Waals surface area contributed by atoms with Crippen LogP contribution in [0.4, 0.5) is 0 Å². The number of likely N-dealkylation sites (tertiary alicyclic amines) is 1. The Kier molecular flexibility index (Phi) is 4.01. The van der Waals surface area contributed by atoms with Gasteiger partial charge < -0.3 is 4.90 Å². The van der Waals surface area contributed by atoms with Gasteiger partial charge in [0.2, 0.25) is 0 Å². The van der Waals surface area contributed by atoms with Crippen molar-refractivity contribution >= 4 is 15.5 Å². The summed E-state index contributed by atoms with van der Waals surface area (Å²) in [6.45, 7) is 2.91. The van der Waals surface area contributed by atoms with E-state index in [1.54, 1.807) is 0 Å². The Balaban J connectivity index is 1.25. The van der Waals surface area contributed by atoms with Crippen molar-refractivity contribution < 1.29 is 8.42 Å². The predicted molar refractivity (Wildman–Crippen MR) is 97.9 cm³/mol. The number of fused-ring (bicyclic) bond motifs is 1. The second kappa shape index (κ2) is 6.27. The van der Waals surface area contributed by atoms with Gasteiger partial charge in [0, 0.05) is 18.4 Å². The SMILES string of the molecule is O=S1(=O)CCC(CN2CCC(c3nnc4ccc(C5CC5)nn34)CC2)C1. The maximum atomic E-state index is 11.7. The van der Waals surface area contributed by atoms with Crippen LogP contribution < -0.4 is 0 Å². The number of nitrogens with zero attached hydrogens (tertiary/aromatic N) is 5. The third-order valence-electron chi connectivity index (χ3n) is 6.10. The van der Waals surface area contributed by atoms with Crippen molar-refractivity contribution in [2.75, 3.05) is 31.1 Å². The molecule has 0 amide bonds. The van der Waals surface area contributed by atoms with Crippen molar-refractivity contribution in [3.63, 3.8) is 0 Å². The normalized spacial score (nSPS) is 27.3. The van der Waals surface area contributed by atoms with Crippen molar-refractivity contribution in [2.45, 2.75) is 43.9 Å². The number of hydrogen-bond acceptors (Lipinski definition) is 6. The summed E-state index contributed by atoms with van der Waals surface area (Å²) in [5.41, 5.74) is 2.00. The lowest BCUT2D eigenvalue weighted by molar-refractivity contribution is 0.185. The van der Waals surface area contributed by atoms with Gasteiger partial charge in [-0.2, -0.15) is 9.61 Å². The minimum absolute atomic E-state index is 0.313. The van der Waals surface area contributed by atoms with Gasteiger partial charge in [-0.05, 0) is 63.2 Å². The summed E-state index contributed by atoms with van der Waals surface area (Å²) in [7, 11) is -2.78. The fourth-order valence-electron chi connectivity index (χ4n) is 4.43. The molecule has 5 rings (SSSR count). The third kappa shape index (κ3) is 3.24. The van der Waals surface area contributed by atoms with Crippen LogP contribution >= 0.6 is 0 Å². The van der Waals surface area contributed by atoms with Gasteiger partial charge in [-0.15, -0.1) is 10.2 Å². The van der Waals surface area contributed by atoms with Crippen LogP contribution in [0.1, 0.15) is 55.5 Å². The molecule has 3 aliphatic rings. The predicted octanol–water partition coefficient (Wildman–Crippen LogP) is 1.62. The molecule has 1 unspecified atom stereocenters. The first-order chi connectivity index (χ1) is 12.6. The molecular formula is C18H25N5O2S. The molecule has 2 aliphatic heterocycles. The van der Waals surface area contributed by atoms with Gasteiger partial charge in [-0.1, -0.05) is 0 Å². The highest BCUT2D eigenvalue weighted by molar-refractivity contribution is 7.91. The largest absolute Gasteiger partial charge is 0.303 e. The molecule has 0 radical (unpaired) electrons. The van der Waals surface area contributed by atoms with E-state index in [0.717, 1.165) is 50.4 Å². The second-order valence-electron chi connectivity index (χ2n) is 8.20. The van der Waals surface area contributed by atoms with Crippen molar-refractivity contribution in [3.05, 3.63) is 23.7 Å². The third-order valence-corrected chi connectivity index (χ3v) is 7.94. The van der Waals surface area contributed by atoms with Gasteiger partial charge in [-0.25, -0.2) is 8.42 Å². The van der Waals surface area contributed by atoms with Crippen molar-refractivity contribution in [3.8, 4) is 0 Å². The van der Waals surface area contributed by atoms with Gasteiger partial charge in [0.25, 0.3) is 0 Å². The molecule has 140 valence electrons. The molecule has 26 heavy (non-hydrogen) atoms. The van der Waals surface area contributed by atoms with Crippen molar-refractivity contribution in [1.29, 1.82) is 0 Å². The number of sulfone groups is 1. The molecule has 0 aromatic carbocycles. The Labute approximate surface area is 153 Å². The summed E-state index contributed by atoms with van der Waals surface area (Å²) in [5.74, 6) is 3.05.